The molecule has 0 spiro atoms. The van der Waals surface area contributed by atoms with Crippen LogP contribution in [0.3, 0.4) is 0 Å². The van der Waals surface area contributed by atoms with Crippen LogP contribution < -0.4 is 4.90 Å². The summed E-state index contributed by atoms with van der Waals surface area (Å²) in [4.78, 5) is 15.7. The van der Waals surface area contributed by atoms with E-state index in [4.69, 9.17) is 9.72 Å². The summed E-state index contributed by atoms with van der Waals surface area (Å²) in [6, 6.07) is 10.4. The van der Waals surface area contributed by atoms with Crippen LogP contribution in [-0.2, 0) is 10.5 Å². The predicted molar refractivity (Wildman–Crippen MR) is 100 cm³/mol. The number of aryl methyl sites for hydroxylation is 1. The van der Waals surface area contributed by atoms with Gasteiger partial charge < -0.3 is 9.64 Å². The van der Waals surface area contributed by atoms with Gasteiger partial charge in [-0.3, -0.25) is 10.1 Å². The van der Waals surface area contributed by atoms with Crippen molar-refractivity contribution in [1.29, 1.82) is 0 Å². The maximum atomic E-state index is 5.82. The molecule has 1 aliphatic heterocycles. The summed E-state index contributed by atoms with van der Waals surface area (Å²) in [6.07, 6.45) is 3.46. The third-order valence-corrected chi connectivity index (χ3v) is 5.09. The second-order valence-electron chi connectivity index (χ2n) is 6.07. The Morgan fingerprint density at radius 3 is 2.92 bits per heavy atom. The maximum absolute atomic E-state index is 5.82. The monoisotopic (exact) mass is 368 g/mol. The minimum atomic E-state index is -0.156. The number of anilines is 1. The lowest BCUT2D eigenvalue weighted by molar-refractivity contribution is 0.0339. The van der Waals surface area contributed by atoms with E-state index < -0.39 is 0 Å². The molecule has 26 heavy (non-hydrogen) atoms. The molecule has 0 saturated carbocycles. The third kappa shape index (κ3) is 4.03. The van der Waals surface area contributed by atoms with Crippen molar-refractivity contribution in [3.8, 4) is 0 Å². The van der Waals surface area contributed by atoms with E-state index in [9.17, 15) is 0 Å². The number of benzene rings is 1. The van der Waals surface area contributed by atoms with Crippen LogP contribution in [0.25, 0.3) is 0 Å². The van der Waals surface area contributed by atoms with E-state index in [1.807, 2.05) is 19.2 Å². The first-order chi connectivity index (χ1) is 12.8. The first kappa shape index (κ1) is 17.0. The number of ether oxygens (including phenoxy) is 1. The first-order valence-corrected chi connectivity index (χ1v) is 9.51. The van der Waals surface area contributed by atoms with E-state index in [2.05, 4.69) is 49.3 Å². The molecule has 3 aromatic rings. The zero-order chi connectivity index (χ0) is 17.8. The van der Waals surface area contributed by atoms with E-state index >= 15 is 0 Å². The Kier molecular flexibility index (Phi) is 5.12. The number of nitrogens with one attached hydrogen (secondary N) is 1. The smallest absolute Gasteiger partial charge is 0.181 e. The zero-order valence-corrected chi connectivity index (χ0v) is 15.3. The van der Waals surface area contributed by atoms with Crippen molar-refractivity contribution in [2.75, 3.05) is 24.6 Å². The molecular formula is C18H20N6OS. The van der Waals surface area contributed by atoms with E-state index in [1.165, 1.54) is 5.56 Å². The van der Waals surface area contributed by atoms with Gasteiger partial charge in [-0.1, -0.05) is 30.3 Å². The molecule has 0 aliphatic carbocycles. The Balaban J connectivity index is 1.43. The van der Waals surface area contributed by atoms with Crippen molar-refractivity contribution in [1.82, 2.24) is 25.1 Å². The SMILES string of the molecule is Cc1nc(C2CN(c3cncc(SCc4ccccc4)n3)CCO2)n[nH]1. The molecule has 1 aromatic carbocycles. The number of aromatic nitrogens is 5. The van der Waals surface area contributed by atoms with Crippen LogP contribution in [0.5, 0.6) is 0 Å². The van der Waals surface area contributed by atoms with Gasteiger partial charge in [-0.05, 0) is 12.5 Å². The number of aromatic amines is 1. The van der Waals surface area contributed by atoms with Crippen molar-refractivity contribution < 1.29 is 4.74 Å². The van der Waals surface area contributed by atoms with Gasteiger partial charge in [-0.25, -0.2) is 9.97 Å². The molecule has 1 fully saturated rings. The maximum Gasteiger partial charge on any atom is 0.181 e. The van der Waals surface area contributed by atoms with Gasteiger partial charge in [-0.15, -0.1) is 11.8 Å². The average molecular weight is 368 g/mol. The molecule has 2 aromatic heterocycles. The lowest BCUT2D eigenvalue weighted by atomic mass is 10.2. The Morgan fingerprint density at radius 1 is 1.23 bits per heavy atom. The summed E-state index contributed by atoms with van der Waals surface area (Å²) in [5, 5.41) is 8.01. The van der Waals surface area contributed by atoms with Gasteiger partial charge in [0, 0.05) is 12.3 Å². The summed E-state index contributed by atoms with van der Waals surface area (Å²) in [5.41, 5.74) is 1.27. The van der Waals surface area contributed by atoms with Crippen molar-refractivity contribution in [3.63, 3.8) is 0 Å². The summed E-state index contributed by atoms with van der Waals surface area (Å²) >= 11 is 1.69. The molecule has 8 heteroatoms. The van der Waals surface area contributed by atoms with Gasteiger partial charge in [0.2, 0.25) is 0 Å². The number of hydrogen-bond donors (Lipinski definition) is 1. The molecule has 0 radical (unpaired) electrons. The fourth-order valence-corrected chi connectivity index (χ4v) is 3.61. The number of morpholine rings is 1. The Hall–Kier alpha value is -2.45. The van der Waals surface area contributed by atoms with Gasteiger partial charge in [-0.2, -0.15) is 5.10 Å². The summed E-state index contributed by atoms with van der Waals surface area (Å²) < 4.78 is 5.82. The van der Waals surface area contributed by atoms with Crippen LogP contribution in [0, 0.1) is 6.92 Å². The highest BCUT2D eigenvalue weighted by atomic mass is 32.2. The molecule has 134 valence electrons. The standard InChI is InChI=1S/C18H20N6OS/c1-13-20-18(23-22-13)15-11-24(7-8-25-15)16-9-19-10-17(21-16)26-12-14-5-3-2-4-6-14/h2-6,9-10,15H,7-8,11-12H2,1H3,(H,20,22,23). The fourth-order valence-electron chi connectivity index (χ4n) is 2.81. The van der Waals surface area contributed by atoms with Gasteiger partial charge in [0.1, 0.15) is 22.8 Å². The number of thioether (sulfide) groups is 1. The van der Waals surface area contributed by atoms with Crippen molar-refractivity contribution in [2.45, 2.75) is 23.8 Å². The van der Waals surface area contributed by atoms with Crippen molar-refractivity contribution >= 4 is 17.6 Å². The zero-order valence-electron chi connectivity index (χ0n) is 14.5. The highest BCUT2D eigenvalue weighted by Gasteiger charge is 2.26. The van der Waals surface area contributed by atoms with E-state index in [0.29, 0.717) is 19.0 Å². The molecule has 0 amide bonds. The second kappa shape index (κ2) is 7.84. The number of H-pyrrole nitrogens is 1. The number of nitrogens with zero attached hydrogens (tertiary/aromatic N) is 5. The second-order valence-corrected chi connectivity index (χ2v) is 7.07. The van der Waals surface area contributed by atoms with E-state index in [1.54, 1.807) is 18.0 Å². The van der Waals surface area contributed by atoms with Crippen LogP contribution in [0.1, 0.15) is 23.3 Å². The molecule has 0 bridgehead atoms. The molecule has 1 unspecified atom stereocenters. The first-order valence-electron chi connectivity index (χ1n) is 8.52. The molecule has 1 N–H and O–H groups in total. The van der Waals surface area contributed by atoms with Gasteiger partial charge in [0.25, 0.3) is 0 Å². The van der Waals surface area contributed by atoms with Gasteiger partial charge in [0.05, 0.1) is 25.5 Å². The molecule has 7 nitrogen and oxygen atoms in total. The van der Waals surface area contributed by atoms with Crippen LogP contribution in [0.4, 0.5) is 5.82 Å². The molecule has 4 rings (SSSR count). The van der Waals surface area contributed by atoms with Crippen LogP contribution >= 0.6 is 11.8 Å². The summed E-state index contributed by atoms with van der Waals surface area (Å²) in [5.74, 6) is 3.22. The molecule has 1 saturated heterocycles. The lowest BCUT2D eigenvalue weighted by Crippen LogP contribution is -2.39. The molecular weight excluding hydrogens is 348 g/mol. The quantitative estimate of drug-likeness (QED) is 0.694. The largest absolute Gasteiger partial charge is 0.366 e. The Morgan fingerprint density at radius 2 is 2.12 bits per heavy atom. The topological polar surface area (TPSA) is 79.8 Å². The van der Waals surface area contributed by atoms with Gasteiger partial charge in [0.15, 0.2) is 5.82 Å². The highest BCUT2D eigenvalue weighted by molar-refractivity contribution is 7.98. The highest BCUT2D eigenvalue weighted by Crippen LogP contribution is 2.25. The fraction of sp³-hybridized carbons (Fsp3) is 0.333. The summed E-state index contributed by atoms with van der Waals surface area (Å²) in [7, 11) is 0. The normalized spacial score (nSPS) is 17.4. The third-order valence-electron chi connectivity index (χ3n) is 4.12. The van der Waals surface area contributed by atoms with Crippen molar-refractivity contribution in [2.24, 2.45) is 0 Å². The lowest BCUT2D eigenvalue weighted by Gasteiger charge is -2.32. The Labute approximate surface area is 156 Å². The predicted octanol–water partition coefficient (Wildman–Crippen LogP) is 2.77. The Bertz CT molecular complexity index is 856. The summed E-state index contributed by atoms with van der Waals surface area (Å²) in [6.45, 7) is 3.94. The molecule has 3 heterocycles. The van der Waals surface area contributed by atoms with E-state index in [0.717, 1.165) is 29.0 Å². The average Bonchev–Trinajstić information content (AvgIpc) is 3.14. The number of hydrogen-bond acceptors (Lipinski definition) is 7. The minimum Gasteiger partial charge on any atom is -0.366 e. The van der Waals surface area contributed by atoms with Crippen molar-refractivity contribution in [3.05, 3.63) is 59.9 Å². The minimum absolute atomic E-state index is 0.156. The van der Waals surface area contributed by atoms with Crippen LogP contribution in [-0.4, -0.2) is 44.8 Å². The van der Waals surface area contributed by atoms with Gasteiger partial charge >= 0.3 is 0 Å². The van der Waals surface area contributed by atoms with Crippen LogP contribution in [0.15, 0.2) is 47.8 Å². The van der Waals surface area contributed by atoms with Crippen LogP contribution in [0.2, 0.25) is 0 Å². The molecule has 1 atom stereocenters. The van der Waals surface area contributed by atoms with E-state index in [-0.39, 0.29) is 6.10 Å². The molecule has 1 aliphatic rings. The number of rotatable bonds is 5.